The van der Waals surface area contributed by atoms with Crippen molar-refractivity contribution < 1.29 is 16.8 Å². The van der Waals surface area contributed by atoms with Crippen molar-refractivity contribution in [1.29, 1.82) is 0 Å². The van der Waals surface area contributed by atoms with E-state index in [-0.39, 0.29) is 9.79 Å². The van der Waals surface area contributed by atoms with Gasteiger partial charge in [0.2, 0.25) is 20.0 Å². The number of rotatable bonds is 4. The minimum Gasteiger partial charge on any atom is -0.330 e. The second kappa shape index (κ2) is 6.01. The van der Waals surface area contributed by atoms with Gasteiger partial charge in [-0.3, -0.25) is 0 Å². The lowest BCUT2D eigenvalue weighted by Gasteiger charge is -2.30. The summed E-state index contributed by atoms with van der Waals surface area (Å²) in [6.07, 6.45) is 1.43. The van der Waals surface area contributed by atoms with Crippen LogP contribution in [0.15, 0.2) is 34.1 Å². The van der Waals surface area contributed by atoms with Crippen LogP contribution in [0, 0.1) is 5.92 Å². The maximum Gasteiger partial charge on any atom is 0.243 e. The van der Waals surface area contributed by atoms with Crippen LogP contribution in [-0.4, -0.2) is 40.8 Å². The largest absolute Gasteiger partial charge is 0.330 e. The molecule has 0 aromatic heterocycles. The third kappa shape index (κ3) is 3.61. The number of hydrogen-bond acceptors (Lipinski definition) is 5. The number of piperidine rings is 1. The van der Waals surface area contributed by atoms with Crippen LogP contribution in [0.4, 0.5) is 0 Å². The highest BCUT2D eigenvalue weighted by molar-refractivity contribution is 7.90. The topological polar surface area (TPSA) is 124 Å². The molecule has 118 valence electrons. The Kier molecular flexibility index (Phi) is 4.69. The lowest BCUT2D eigenvalue weighted by Crippen LogP contribution is -2.40. The zero-order chi connectivity index (χ0) is 15.7. The van der Waals surface area contributed by atoms with Crippen molar-refractivity contribution in [1.82, 2.24) is 4.31 Å². The second-order valence-corrected chi connectivity index (χ2v) is 8.60. The molecule has 4 N–H and O–H groups in total. The molecule has 9 heteroatoms. The van der Waals surface area contributed by atoms with Gasteiger partial charge in [-0.05, 0) is 43.5 Å². The van der Waals surface area contributed by atoms with E-state index in [0.717, 1.165) is 6.07 Å². The highest BCUT2D eigenvalue weighted by Crippen LogP contribution is 2.24. The number of nitrogens with zero attached hydrogens (tertiary/aromatic N) is 1. The standard InChI is InChI=1S/C12H19N3O4S2/c13-9-10-4-6-15(7-5-10)21(18,19)12-3-1-2-11(8-12)20(14,16)17/h1-3,8,10H,4-7,9,13H2,(H2,14,16,17). The van der Waals surface area contributed by atoms with Crippen molar-refractivity contribution in [3.63, 3.8) is 0 Å². The summed E-state index contributed by atoms with van der Waals surface area (Å²) >= 11 is 0. The monoisotopic (exact) mass is 333 g/mol. The molecule has 0 radical (unpaired) electrons. The average molecular weight is 333 g/mol. The van der Waals surface area contributed by atoms with Gasteiger partial charge in [-0.1, -0.05) is 6.07 Å². The molecule has 0 saturated carbocycles. The molecule has 0 atom stereocenters. The SMILES string of the molecule is NCC1CCN(S(=O)(=O)c2cccc(S(N)(=O)=O)c2)CC1. The average Bonchev–Trinajstić information content (AvgIpc) is 2.46. The molecule has 1 saturated heterocycles. The Morgan fingerprint density at radius 1 is 1.10 bits per heavy atom. The molecule has 7 nitrogen and oxygen atoms in total. The molecule has 1 aliphatic rings. The van der Waals surface area contributed by atoms with E-state index in [1.807, 2.05) is 0 Å². The first-order valence-electron chi connectivity index (χ1n) is 6.58. The number of sulfonamides is 2. The predicted molar refractivity (Wildman–Crippen MR) is 78.4 cm³/mol. The van der Waals surface area contributed by atoms with Gasteiger partial charge in [0.1, 0.15) is 0 Å². The Hall–Kier alpha value is -1.00. The van der Waals surface area contributed by atoms with Crippen LogP contribution in [0.1, 0.15) is 12.8 Å². The Labute approximate surface area is 125 Å². The van der Waals surface area contributed by atoms with Crippen molar-refractivity contribution in [2.24, 2.45) is 16.8 Å². The van der Waals surface area contributed by atoms with E-state index in [9.17, 15) is 16.8 Å². The summed E-state index contributed by atoms with van der Waals surface area (Å²) in [6, 6.07) is 5.12. The summed E-state index contributed by atoms with van der Waals surface area (Å²) in [6.45, 7) is 1.34. The van der Waals surface area contributed by atoms with Crippen LogP contribution in [-0.2, 0) is 20.0 Å². The number of hydrogen-bond donors (Lipinski definition) is 2. The summed E-state index contributed by atoms with van der Waals surface area (Å²) in [5.41, 5.74) is 5.59. The summed E-state index contributed by atoms with van der Waals surface area (Å²) in [5, 5.41) is 5.03. The molecule has 0 aliphatic carbocycles. The van der Waals surface area contributed by atoms with Gasteiger partial charge in [0.15, 0.2) is 0 Å². The molecular weight excluding hydrogens is 314 g/mol. The Morgan fingerprint density at radius 3 is 2.19 bits per heavy atom. The molecule has 0 unspecified atom stereocenters. The van der Waals surface area contributed by atoms with E-state index in [2.05, 4.69) is 0 Å². The fourth-order valence-corrected chi connectivity index (χ4v) is 4.50. The highest BCUT2D eigenvalue weighted by atomic mass is 32.2. The van der Waals surface area contributed by atoms with E-state index in [0.29, 0.717) is 38.4 Å². The molecule has 0 spiro atoms. The zero-order valence-corrected chi connectivity index (χ0v) is 13.1. The van der Waals surface area contributed by atoms with Crippen molar-refractivity contribution in [3.8, 4) is 0 Å². The van der Waals surface area contributed by atoms with Crippen LogP contribution in [0.25, 0.3) is 0 Å². The Balaban J connectivity index is 2.29. The highest BCUT2D eigenvalue weighted by Gasteiger charge is 2.29. The molecule has 1 aromatic rings. The fraction of sp³-hybridized carbons (Fsp3) is 0.500. The van der Waals surface area contributed by atoms with E-state index in [1.165, 1.54) is 22.5 Å². The van der Waals surface area contributed by atoms with Gasteiger partial charge in [-0.25, -0.2) is 22.0 Å². The molecule has 1 fully saturated rings. The smallest absolute Gasteiger partial charge is 0.243 e. The Morgan fingerprint density at radius 2 is 1.67 bits per heavy atom. The van der Waals surface area contributed by atoms with Gasteiger partial charge in [0, 0.05) is 13.1 Å². The van der Waals surface area contributed by atoms with Crippen molar-refractivity contribution in [3.05, 3.63) is 24.3 Å². The van der Waals surface area contributed by atoms with Gasteiger partial charge in [0.25, 0.3) is 0 Å². The van der Waals surface area contributed by atoms with Crippen LogP contribution < -0.4 is 10.9 Å². The first kappa shape index (κ1) is 16.4. The number of benzene rings is 1. The van der Waals surface area contributed by atoms with Gasteiger partial charge in [0.05, 0.1) is 9.79 Å². The number of nitrogens with two attached hydrogens (primary N) is 2. The quantitative estimate of drug-likeness (QED) is 0.782. The summed E-state index contributed by atoms with van der Waals surface area (Å²) in [7, 11) is -7.63. The molecule has 1 heterocycles. The maximum absolute atomic E-state index is 12.5. The third-order valence-corrected chi connectivity index (χ3v) is 6.48. The molecular formula is C12H19N3O4S2. The van der Waals surface area contributed by atoms with E-state index in [4.69, 9.17) is 10.9 Å². The maximum atomic E-state index is 12.5. The van der Waals surface area contributed by atoms with E-state index in [1.54, 1.807) is 0 Å². The molecule has 1 aliphatic heterocycles. The van der Waals surface area contributed by atoms with Crippen LogP contribution in [0.5, 0.6) is 0 Å². The van der Waals surface area contributed by atoms with Gasteiger partial charge in [-0.2, -0.15) is 4.31 Å². The molecule has 21 heavy (non-hydrogen) atoms. The normalized spacial score (nSPS) is 18.8. The predicted octanol–water partition coefficient (Wildman–Crippen LogP) is -0.307. The third-order valence-electron chi connectivity index (χ3n) is 3.68. The van der Waals surface area contributed by atoms with Crippen molar-refractivity contribution in [2.45, 2.75) is 22.6 Å². The first-order chi connectivity index (χ1) is 9.75. The van der Waals surface area contributed by atoms with Gasteiger partial charge >= 0.3 is 0 Å². The molecule has 1 aromatic carbocycles. The summed E-state index contributed by atoms with van der Waals surface area (Å²) in [5.74, 6) is 0.340. The lowest BCUT2D eigenvalue weighted by molar-refractivity contribution is 0.278. The zero-order valence-electron chi connectivity index (χ0n) is 11.5. The van der Waals surface area contributed by atoms with Crippen LogP contribution in [0.3, 0.4) is 0 Å². The lowest BCUT2D eigenvalue weighted by atomic mass is 9.99. The molecule has 0 amide bonds. The fourth-order valence-electron chi connectivity index (χ4n) is 2.35. The van der Waals surface area contributed by atoms with Gasteiger partial charge < -0.3 is 5.73 Å². The van der Waals surface area contributed by atoms with Gasteiger partial charge in [-0.15, -0.1) is 0 Å². The number of primary sulfonamides is 1. The van der Waals surface area contributed by atoms with E-state index < -0.39 is 20.0 Å². The van der Waals surface area contributed by atoms with Crippen LogP contribution >= 0.6 is 0 Å². The van der Waals surface area contributed by atoms with E-state index >= 15 is 0 Å². The van der Waals surface area contributed by atoms with Crippen molar-refractivity contribution >= 4 is 20.0 Å². The molecule has 2 rings (SSSR count). The second-order valence-electron chi connectivity index (χ2n) is 5.10. The summed E-state index contributed by atoms with van der Waals surface area (Å²) < 4.78 is 49.1. The van der Waals surface area contributed by atoms with Crippen LogP contribution in [0.2, 0.25) is 0 Å². The minimum atomic E-state index is -3.93. The molecule has 0 bridgehead atoms. The summed E-state index contributed by atoms with van der Waals surface area (Å²) in [4.78, 5) is -0.263. The van der Waals surface area contributed by atoms with Crippen molar-refractivity contribution in [2.75, 3.05) is 19.6 Å². The first-order valence-corrected chi connectivity index (χ1v) is 9.57. The Bertz CT molecular complexity index is 708. The minimum absolute atomic E-state index is 0.0553.